The van der Waals surface area contributed by atoms with Crippen LogP contribution in [0.5, 0.6) is 0 Å². The van der Waals surface area contributed by atoms with Crippen molar-refractivity contribution in [2.45, 2.75) is 6.92 Å². The van der Waals surface area contributed by atoms with Crippen LogP contribution < -0.4 is 4.72 Å². The van der Waals surface area contributed by atoms with Crippen molar-refractivity contribution >= 4 is 33.7 Å². The van der Waals surface area contributed by atoms with E-state index in [9.17, 15) is 13.2 Å². The third-order valence-electron chi connectivity index (χ3n) is 2.03. The van der Waals surface area contributed by atoms with Gasteiger partial charge in [0.05, 0.1) is 6.61 Å². The van der Waals surface area contributed by atoms with Crippen molar-refractivity contribution in [3.8, 4) is 0 Å². The van der Waals surface area contributed by atoms with E-state index in [2.05, 4.69) is 9.46 Å². The first kappa shape index (κ1) is 15.7. The number of rotatable bonds is 6. The van der Waals surface area contributed by atoms with Crippen LogP contribution in [0.1, 0.15) is 12.5 Å². The average Bonchev–Trinajstić information content (AvgIpc) is 2.36. The minimum atomic E-state index is -3.67. The molecule has 0 amide bonds. The maximum atomic E-state index is 11.5. The number of halogens is 1. The minimum absolute atomic E-state index is 0.209. The van der Waals surface area contributed by atoms with Crippen LogP contribution in [0.15, 0.2) is 29.7 Å². The number of hydrogen-bond acceptors (Lipinski definition) is 4. The zero-order valence-electron chi connectivity index (χ0n) is 10.3. The maximum absolute atomic E-state index is 11.5. The Morgan fingerprint density at radius 2 is 2.00 bits per heavy atom. The zero-order valence-corrected chi connectivity index (χ0v) is 11.9. The van der Waals surface area contributed by atoms with Crippen LogP contribution in [-0.2, 0) is 19.6 Å². The topological polar surface area (TPSA) is 72.5 Å². The summed E-state index contributed by atoms with van der Waals surface area (Å²) in [7, 11) is -3.67. The van der Waals surface area contributed by atoms with Crippen molar-refractivity contribution in [1.82, 2.24) is 4.72 Å². The number of carbonyl (C=O) groups is 1. The van der Waals surface area contributed by atoms with Crippen LogP contribution in [0.25, 0.3) is 6.08 Å². The van der Waals surface area contributed by atoms with Crippen LogP contribution >= 0.6 is 11.6 Å². The lowest BCUT2D eigenvalue weighted by molar-refractivity contribution is -0.141. The lowest BCUT2D eigenvalue weighted by Gasteiger charge is -2.02. The Kier molecular flexibility index (Phi) is 6.01. The third-order valence-corrected chi connectivity index (χ3v) is 3.33. The van der Waals surface area contributed by atoms with Gasteiger partial charge in [-0.1, -0.05) is 23.7 Å². The highest BCUT2D eigenvalue weighted by atomic mass is 35.5. The molecule has 7 heteroatoms. The Labute approximate surface area is 117 Å². The molecule has 1 aromatic carbocycles. The molecule has 0 unspecified atom stereocenters. The van der Waals surface area contributed by atoms with Crippen LogP contribution in [0.2, 0.25) is 5.02 Å². The summed E-state index contributed by atoms with van der Waals surface area (Å²) >= 11 is 5.71. The summed E-state index contributed by atoms with van der Waals surface area (Å²) in [5.74, 6) is -0.619. The molecule has 5 nitrogen and oxygen atoms in total. The van der Waals surface area contributed by atoms with Gasteiger partial charge in [0.15, 0.2) is 0 Å². The van der Waals surface area contributed by atoms with Crippen molar-refractivity contribution in [1.29, 1.82) is 0 Å². The van der Waals surface area contributed by atoms with E-state index in [4.69, 9.17) is 11.6 Å². The molecule has 0 saturated heterocycles. The normalized spacial score (nSPS) is 11.7. The van der Waals surface area contributed by atoms with E-state index in [-0.39, 0.29) is 13.2 Å². The van der Waals surface area contributed by atoms with Gasteiger partial charge < -0.3 is 4.74 Å². The van der Waals surface area contributed by atoms with Crippen LogP contribution in [0, 0.1) is 0 Å². The fraction of sp³-hybridized carbons (Fsp3) is 0.250. The second-order valence-corrected chi connectivity index (χ2v) is 5.61. The smallest absolute Gasteiger partial charge is 0.321 e. The largest absolute Gasteiger partial charge is 0.465 e. The van der Waals surface area contributed by atoms with Crippen molar-refractivity contribution in [3.05, 3.63) is 40.3 Å². The summed E-state index contributed by atoms with van der Waals surface area (Å²) in [6, 6.07) is 6.67. The van der Waals surface area contributed by atoms with E-state index < -0.39 is 16.0 Å². The highest BCUT2D eigenvalue weighted by Crippen LogP contribution is 2.10. The molecule has 0 bridgehead atoms. The Morgan fingerprint density at radius 3 is 2.58 bits per heavy atom. The number of ether oxygens (including phenoxy) is 1. The van der Waals surface area contributed by atoms with Gasteiger partial charge in [0.1, 0.15) is 6.54 Å². The van der Waals surface area contributed by atoms with Crippen molar-refractivity contribution in [2.75, 3.05) is 13.2 Å². The standard InChI is InChI=1S/C12H14ClNO4S/c1-2-18-12(15)9-14-19(16,17)8-7-10-3-5-11(13)6-4-10/h3-8,14H,2,9H2,1H3/b8-7+. The summed E-state index contributed by atoms with van der Waals surface area (Å²) in [5, 5.41) is 1.55. The molecule has 1 aromatic rings. The van der Waals surface area contributed by atoms with Gasteiger partial charge in [-0.05, 0) is 30.7 Å². The third kappa shape index (κ3) is 6.37. The van der Waals surface area contributed by atoms with Crippen LogP contribution in [0.4, 0.5) is 0 Å². The predicted molar refractivity (Wildman–Crippen MR) is 74.0 cm³/mol. The highest BCUT2D eigenvalue weighted by Gasteiger charge is 2.08. The molecule has 0 radical (unpaired) electrons. The fourth-order valence-corrected chi connectivity index (χ4v) is 2.04. The van der Waals surface area contributed by atoms with Gasteiger partial charge in [-0.2, -0.15) is 0 Å². The monoisotopic (exact) mass is 303 g/mol. The average molecular weight is 304 g/mol. The van der Waals surface area contributed by atoms with Crippen molar-refractivity contribution in [3.63, 3.8) is 0 Å². The lowest BCUT2D eigenvalue weighted by Crippen LogP contribution is -2.29. The van der Waals surface area contributed by atoms with E-state index >= 15 is 0 Å². The van der Waals surface area contributed by atoms with E-state index in [1.807, 2.05) is 0 Å². The molecule has 0 aliphatic rings. The minimum Gasteiger partial charge on any atom is -0.465 e. The predicted octanol–water partition coefficient (Wildman–Crippen LogP) is 1.79. The number of benzene rings is 1. The summed E-state index contributed by atoms with van der Waals surface area (Å²) in [5.41, 5.74) is 0.686. The zero-order chi connectivity index (χ0) is 14.3. The molecule has 0 spiro atoms. The number of sulfonamides is 1. The van der Waals surface area contributed by atoms with Crippen molar-refractivity contribution < 1.29 is 17.9 Å². The van der Waals surface area contributed by atoms with Gasteiger partial charge in [-0.25, -0.2) is 13.1 Å². The Bertz CT molecular complexity index is 552. The molecule has 104 valence electrons. The number of carbonyl (C=O) groups excluding carboxylic acids is 1. The molecule has 19 heavy (non-hydrogen) atoms. The molecule has 0 aliphatic carbocycles. The molecule has 0 atom stereocenters. The molecular formula is C12H14ClNO4S. The van der Waals surface area contributed by atoms with E-state index in [1.54, 1.807) is 31.2 Å². The van der Waals surface area contributed by atoms with Gasteiger partial charge in [0, 0.05) is 10.4 Å². The molecule has 1 rings (SSSR count). The summed E-state index contributed by atoms with van der Waals surface area (Å²) in [4.78, 5) is 11.0. The number of nitrogens with one attached hydrogen (secondary N) is 1. The Balaban J connectivity index is 2.59. The molecule has 0 aromatic heterocycles. The second kappa shape index (κ2) is 7.28. The van der Waals surface area contributed by atoms with E-state index in [1.165, 1.54) is 6.08 Å². The number of esters is 1. The quantitative estimate of drug-likeness (QED) is 0.813. The first-order valence-electron chi connectivity index (χ1n) is 5.52. The van der Waals surface area contributed by atoms with Gasteiger partial charge in [0.25, 0.3) is 0 Å². The fourth-order valence-electron chi connectivity index (χ4n) is 1.16. The van der Waals surface area contributed by atoms with Crippen molar-refractivity contribution in [2.24, 2.45) is 0 Å². The van der Waals surface area contributed by atoms with Gasteiger partial charge >= 0.3 is 5.97 Å². The molecular weight excluding hydrogens is 290 g/mol. The summed E-state index contributed by atoms with van der Waals surface area (Å²) < 4.78 is 29.8. The number of hydrogen-bond donors (Lipinski definition) is 1. The molecule has 1 N–H and O–H groups in total. The SMILES string of the molecule is CCOC(=O)CNS(=O)(=O)/C=C/c1ccc(Cl)cc1. The maximum Gasteiger partial charge on any atom is 0.321 e. The molecule has 0 aliphatic heterocycles. The van der Waals surface area contributed by atoms with Crippen LogP contribution in [-0.4, -0.2) is 27.5 Å². The Hall–Kier alpha value is -1.37. The Morgan fingerprint density at radius 1 is 1.37 bits per heavy atom. The van der Waals surface area contributed by atoms with Gasteiger partial charge in [-0.15, -0.1) is 0 Å². The first-order chi connectivity index (χ1) is 8.93. The lowest BCUT2D eigenvalue weighted by atomic mass is 10.2. The molecule has 0 heterocycles. The first-order valence-corrected chi connectivity index (χ1v) is 7.44. The van der Waals surface area contributed by atoms with E-state index in [0.29, 0.717) is 10.6 Å². The molecule has 0 fully saturated rings. The second-order valence-electron chi connectivity index (χ2n) is 3.53. The van der Waals surface area contributed by atoms with E-state index in [0.717, 1.165) is 5.41 Å². The highest BCUT2D eigenvalue weighted by molar-refractivity contribution is 7.92. The summed E-state index contributed by atoms with van der Waals surface area (Å²) in [6.45, 7) is 1.47. The van der Waals surface area contributed by atoms with Gasteiger partial charge in [0.2, 0.25) is 10.0 Å². The molecule has 0 saturated carbocycles. The summed E-state index contributed by atoms with van der Waals surface area (Å²) in [6.07, 6.45) is 1.41. The van der Waals surface area contributed by atoms with Crippen LogP contribution in [0.3, 0.4) is 0 Å². The van der Waals surface area contributed by atoms with Gasteiger partial charge in [-0.3, -0.25) is 4.79 Å².